The number of hydrogen-bond donors (Lipinski definition) is 1. The van der Waals surface area contributed by atoms with Gasteiger partial charge in [-0.15, -0.1) is 0 Å². The fourth-order valence-corrected chi connectivity index (χ4v) is 2.24. The molecular weight excluding hydrogens is 292 g/mol. The smallest absolute Gasteiger partial charge is 0.337 e. The fraction of sp³-hybridized carbons (Fsp3) is 0.316. The van der Waals surface area contributed by atoms with Crippen LogP contribution in [0.2, 0.25) is 0 Å². The fourth-order valence-electron chi connectivity index (χ4n) is 2.24. The first-order valence-electron chi connectivity index (χ1n) is 7.77. The van der Waals surface area contributed by atoms with Gasteiger partial charge in [-0.2, -0.15) is 0 Å². The molecule has 0 aliphatic carbocycles. The van der Waals surface area contributed by atoms with Gasteiger partial charge in [0.05, 0.1) is 19.3 Å². The lowest BCUT2D eigenvalue weighted by molar-refractivity contribution is 0.0601. The molecule has 0 bridgehead atoms. The van der Waals surface area contributed by atoms with Gasteiger partial charge in [-0.1, -0.05) is 24.3 Å². The maximum absolute atomic E-state index is 11.4. The molecule has 0 spiro atoms. The number of carbonyl (C=O) groups excluding carboxylic acids is 1. The number of ether oxygens (including phenoxy) is 2. The number of aliphatic hydroxyl groups is 1. The van der Waals surface area contributed by atoms with Crippen molar-refractivity contribution in [3.8, 4) is 16.9 Å². The van der Waals surface area contributed by atoms with Crippen molar-refractivity contribution in [3.63, 3.8) is 0 Å². The highest BCUT2D eigenvalue weighted by atomic mass is 16.5. The van der Waals surface area contributed by atoms with Gasteiger partial charge in [-0.25, -0.2) is 4.79 Å². The van der Waals surface area contributed by atoms with Crippen LogP contribution in [0.3, 0.4) is 0 Å². The first-order chi connectivity index (χ1) is 11.2. The molecule has 0 saturated heterocycles. The molecule has 0 radical (unpaired) electrons. The molecule has 2 rings (SSSR count). The third kappa shape index (κ3) is 5.11. The van der Waals surface area contributed by atoms with Gasteiger partial charge in [0.15, 0.2) is 0 Å². The number of esters is 1. The number of unbranched alkanes of at least 4 members (excludes halogenated alkanes) is 2. The lowest BCUT2D eigenvalue weighted by Gasteiger charge is -2.08. The molecule has 0 saturated carbocycles. The Kier molecular flexibility index (Phi) is 6.63. The number of aliphatic hydroxyl groups excluding tert-OH is 1. The lowest BCUT2D eigenvalue weighted by Crippen LogP contribution is -2.00. The predicted octanol–water partition coefficient (Wildman–Crippen LogP) is 3.68. The van der Waals surface area contributed by atoms with Crippen LogP contribution in [0.1, 0.15) is 29.6 Å². The molecule has 2 aromatic carbocycles. The van der Waals surface area contributed by atoms with E-state index in [0.29, 0.717) is 12.2 Å². The summed E-state index contributed by atoms with van der Waals surface area (Å²) in [4.78, 5) is 11.4. The van der Waals surface area contributed by atoms with Crippen LogP contribution in [0, 0.1) is 0 Å². The zero-order chi connectivity index (χ0) is 16.5. The van der Waals surface area contributed by atoms with Crippen molar-refractivity contribution >= 4 is 5.97 Å². The second-order valence-corrected chi connectivity index (χ2v) is 5.23. The SMILES string of the molecule is COC(=O)c1ccc(-c2ccc(OCCCCCO)cc2)cc1. The maximum Gasteiger partial charge on any atom is 0.337 e. The Balaban J connectivity index is 1.92. The minimum Gasteiger partial charge on any atom is -0.494 e. The summed E-state index contributed by atoms with van der Waals surface area (Å²) in [5, 5.41) is 8.72. The van der Waals surface area contributed by atoms with Crippen LogP contribution in [0.4, 0.5) is 0 Å². The topological polar surface area (TPSA) is 55.8 Å². The van der Waals surface area contributed by atoms with Crippen LogP contribution in [-0.4, -0.2) is 31.4 Å². The molecular formula is C19H22O4. The van der Waals surface area contributed by atoms with Crippen molar-refractivity contribution < 1.29 is 19.4 Å². The lowest BCUT2D eigenvalue weighted by atomic mass is 10.0. The van der Waals surface area contributed by atoms with Crippen molar-refractivity contribution in [3.05, 3.63) is 54.1 Å². The van der Waals surface area contributed by atoms with Crippen molar-refractivity contribution in [2.24, 2.45) is 0 Å². The van der Waals surface area contributed by atoms with E-state index in [-0.39, 0.29) is 12.6 Å². The molecule has 0 atom stereocenters. The standard InChI is InChI=1S/C19H22O4/c1-22-19(21)17-7-5-15(6-8-17)16-9-11-18(12-10-16)23-14-4-2-3-13-20/h5-12,20H,2-4,13-14H2,1H3. The van der Waals surface area contributed by atoms with E-state index in [0.717, 1.165) is 36.1 Å². The normalized spacial score (nSPS) is 10.3. The van der Waals surface area contributed by atoms with Crippen LogP contribution >= 0.6 is 0 Å². The van der Waals surface area contributed by atoms with E-state index >= 15 is 0 Å². The molecule has 0 aliphatic rings. The van der Waals surface area contributed by atoms with Gasteiger partial charge in [0, 0.05) is 6.61 Å². The van der Waals surface area contributed by atoms with E-state index < -0.39 is 0 Å². The molecule has 0 aliphatic heterocycles. The molecule has 0 amide bonds. The van der Waals surface area contributed by atoms with Crippen LogP contribution < -0.4 is 4.74 Å². The molecule has 0 aromatic heterocycles. The van der Waals surface area contributed by atoms with Gasteiger partial charge >= 0.3 is 5.97 Å². The van der Waals surface area contributed by atoms with Crippen molar-refractivity contribution in [2.45, 2.75) is 19.3 Å². The van der Waals surface area contributed by atoms with Gasteiger partial charge in [0.2, 0.25) is 0 Å². The van der Waals surface area contributed by atoms with Crippen LogP contribution in [0.25, 0.3) is 11.1 Å². The number of benzene rings is 2. The third-order valence-electron chi connectivity index (χ3n) is 3.56. The molecule has 2 aromatic rings. The molecule has 23 heavy (non-hydrogen) atoms. The largest absolute Gasteiger partial charge is 0.494 e. The Labute approximate surface area is 136 Å². The summed E-state index contributed by atoms with van der Waals surface area (Å²) in [6.07, 6.45) is 2.74. The summed E-state index contributed by atoms with van der Waals surface area (Å²) in [6, 6.07) is 15.2. The first kappa shape index (κ1) is 17.0. The van der Waals surface area contributed by atoms with Crippen molar-refractivity contribution in [1.82, 2.24) is 0 Å². The Bertz CT molecular complexity index is 602. The molecule has 0 unspecified atom stereocenters. The summed E-state index contributed by atoms with van der Waals surface area (Å²) in [5.74, 6) is 0.505. The second kappa shape index (κ2) is 8.96. The summed E-state index contributed by atoms with van der Waals surface area (Å²) in [5.41, 5.74) is 2.64. The van der Waals surface area contributed by atoms with Crippen molar-refractivity contribution in [1.29, 1.82) is 0 Å². The molecule has 4 nitrogen and oxygen atoms in total. The highest BCUT2D eigenvalue weighted by Gasteiger charge is 2.05. The molecule has 0 fully saturated rings. The third-order valence-corrected chi connectivity index (χ3v) is 3.56. The average Bonchev–Trinajstić information content (AvgIpc) is 2.61. The number of hydrogen-bond acceptors (Lipinski definition) is 4. The van der Waals surface area contributed by atoms with E-state index in [1.807, 2.05) is 36.4 Å². The van der Waals surface area contributed by atoms with Crippen LogP contribution in [0.5, 0.6) is 5.75 Å². The average molecular weight is 314 g/mol. The molecule has 122 valence electrons. The quantitative estimate of drug-likeness (QED) is 0.596. The van der Waals surface area contributed by atoms with Gasteiger partial charge < -0.3 is 14.6 Å². The van der Waals surface area contributed by atoms with E-state index in [1.54, 1.807) is 12.1 Å². The van der Waals surface area contributed by atoms with E-state index in [1.165, 1.54) is 7.11 Å². The molecule has 4 heteroatoms. The Morgan fingerprint density at radius 2 is 1.52 bits per heavy atom. The monoisotopic (exact) mass is 314 g/mol. The van der Waals surface area contributed by atoms with Gasteiger partial charge in [-0.05, 0) is 54.7 Å². The van der Waals surface area contributed by atoms with Crippen molar-refractivity contribution in [2.75, 3.05) is 20.3 Å². The summed E-state index contributed by atoms with van der Waals surface area (Å²) in [7, 11) is 1.37. The van der Waals surface area contributed by atoms with E-state index in [2.05, 4.69) is 0 Å². The highest BCUT2D eigenvalue weighted by Crippen LogP contribution is 2.23. The van der Waals surface area contributed by atoms with Gasteiger partial charge in [-0.3, -0.25) is 0 Å². The highest BCUT2D eigenvalue weighted by molar-refractivity contribution is 5.89. The summed E-state index contributed by atoms with van der Waals surface area (Å²) >= 11 is 0. The zero-order valence-electron chi connectivity index (χ0n) is 13.3. The predicted molar refractivity (Wildman–Crippen MR) is 89.6 cm³/mol. The number of carbonyl (C=O) groups is 1. The van der Waals surface area contributed by atoms with Gasteiger partial charge in [0.25, 0.3) is 0 Å². The molecule has 0 heterocycles. The molecule has 1 N–H and O–H groups in total. The minimum atomic E-state index is -0.332. The van der Waals surface area contributed by atoms with E-state index in [9.17, 15) is 4.79 Å². The van der Waals surface area contributed by atoms with E-state index in [4.69, 9.17) is 14.6 Å². The zero-order valence-corrected chi connectivity index (χ0v) is 13.3. The summed E-state index contributed by atoms with van der Waals surface area (Å²) in [6.45, 7) is 0.899. The Morgan fingerprint density at radius 1 is 0.913 bits per heavy atom. The Hall–Kier alpha value is -2.33. The van der Waals surface area contributed by atoms with Crippen LogP contribution in [-0.2, 0) is 4.74 Å². The number of rotatable bonds is 8. The minimum absolute atomic E-state index is 0.240. The maximum atomic E-state index is 11.4. The number of methoxy groups -OCH3 is 1. The first-order valence-corrected chi connectivity index (χ1v) is 7.77. The summed E-state index contributed by atoms with van der Waals surface area (Å²) < 4.78 is 10.4. The second-order valence-electron chi connectivity index (χ2n) is 5.23. The van der Waals surface area contributed by atoms with Gasteiger partial charge in [0.1, 0.15) is 5.75 Å². The van der Waals surface area contributed by atoms with Crippen LogP contribution in [0.15, 0.2) is 48.5 Å². The Morgan fingerprint density at radius 3 is 2.09 bits per heavy atom.